The predicted molar refractivity (Wildman–Crippen MR) is 95.5 cm³/mol. The Bertz CT molecular complexity index is 741. The zero-order valence-electron chi connectivity index (χ0n) is 15.1. The summed E-state index contributed by atoms with van der Waals surface area (Å²) in [5.74, 6) is 2.79. The molecule has 0 aromatic heterocycles. The first kappa shape index (κ1) is 17.8. The maximum Gasteiger partial charge on any atom is 0.269 e. The lowest BCUT2D eigenvalue weighted by Gasteiger charge is -2.17. The molecule has 0 saturated heterocycles. The van der Waals surface area contributed by atoms with Gasteiger partial charge >= 0.3 is 0 Å². The number of hydrogen-bond donors (Lipinski definition) is 0. The van der Waals surface area contributed by atoms with E-state index in [0.29, 0.717) is 24.7 Å². The molecule has 6 nitrogen and oxygen atoms in total. The monoisotopic (exact) mass is 358 g/mol. The average Bonchev–Trinajstić information content (AvgIpc) is 3.21. The van der Waals surface area contributed by atoms with Gasteiger partial charge in [0.05, 0.1) is 26.4 Å². The van der Waals surface area contributed by atoms with Gasteiger partial charge in [0.1, 0.15) is 42.1 Å². The Morgan fingerprint density at radius 3 is 2.15 bits per heavy atom. The highest BCUT2D eigenvalue weighted by atomic mass is 16.7. The van der Waals surface area contributed by atoms with E-state index >= 15 is 0 Å². The number of rotatable bonds is 8. The van der Waals surface area contributed by atoms with Crippen LogP contribution in [0.3, 0.4) is 0 Å². The minimum atomic E-state index is -0.492. The second kappa shape index (κ2) is 8.38. The fourth-order valence-electron chi connectivity index (χ4n) is 2.58. The van der Waals surface area contributed by atoms with E-state index in [9.17, 15) is 0 Å². The topological polar surface area (TPSA) is 55.4 Å². The second-order valence-corrected chi connectivity index (χ2v) is 5.52. The van der Waals surface area contributed by atoms with Gasteiger partial charge in [0.25, 0.3) is 6.29 Å². The van der Waals surface area contributed by atoms with Gasteiger partial charge in [-0.05, 0) is 36.8 Å². The Hall–Kier alpha value is -3.02. The number of methoxy groups -OCH3 is 2. The Morgan fingerprint density at radius 2 is 1.54 bits per heavy atom. The van der Waals surface area contributed by atoms with Gasteiger partial charge in [-0.25, -0.2) is 0 Å². The molecule has 0 aliphatic carbocycles. The van der Waals surface area contributed by atoms with Crippen molar-refractivity contribution in [2.45, 2.75) is 19.8 Å². The zero-order chi connectivity index (χ0) is 18.4. The van der Waals surface area contributed by atoms with E-state index in [1.165, 1.54) is 12.5 Å². The van der Waals surface area contributed by atoms with Gasteiger partial charge in [-0.1, -0.05) is 0 Å². The molecule has 26 heavy (non-hydrogen) atoms. The van der Waals surface area contributed by atoms with Crippen molar-refractivity contribution < 1.29 is 28.4 Å². The lowest BCUT2D eigenvalue weighted by atomic mass is 10.1. The van der Waals surface area contributed by atoms with Crippen LogP contribution in [-0.4, -0.2) is 20.8 Å². The molecular formula is C20H22O6. The van der Waals surface area contributed by atoms with Gasteiger partial charge < -0.3 is 28.4 Å². The standard InChI is InChI=1S/C20H22O6/c1-4-23-19-12-15(5-6-18(19)20-24-7-8-25-20)26-13-14-9-16(21-2)11-17(10-14)22-3/h5-12,20H,4,13H2,1-3H3. The maximum absolute atomic E-state index is 5.91. The highest BCUT2D eigenvalue weighted by molar-refractivity contribution is 5.42. The molecule has 1 aliphatic rings. The number of hydrogen-bond acceptors (Lipinski definition) is 6. The third-order valence-electron chi connectivity index (χ3n) is 3.82. The largest absolute Gasteiger partial charge is 0.497 e. The lowest BCUT2D eigenvalue weighted by Crippen LogP contribution is -2.04. The van der Waals surface area contributed by atoms with Gasteiger partial charge in [0.2, 0.25) is 0 Å². The molecule has 0 bridgehead atoms. The molecule has 0 atom stereocenters. The molecular weight excluding hydrogens is 336 g/mol. The van der Waals surface area contributed by atoms with E-state index in [0.717, 1.165) is 22.6 Å². The Morgan fingerprint density at radius 1 is 0.846 bits per heavy atom. The Labute approximate surface area is 152 Å². The molecule has 6 heteroatoms. The molecule has 138 valence electrons. The fraction of sp³-hybridized carbons (Fsp3) is 0.300. The molecule has 2 aromatic rings. The summed E-state index contributed by atoms with van der Waals surface area (Å²) in [4.78, 5) is 0. The maximum atomic E-state index is 5.91. The first-order chi connectivity index (χ1) is 12.7. The SMILES string of the molecule is CCOc1cc(OCc2cc(OC)cc(OC)c2)ccc1C1OC=CO1. The van der Waals surface area contributed by atoms with E-state index < -0.39 is 6.29 Å². The van der Waals surface area contributed by atoms with Gasteiger partial charge in [-0.15, -0.1) is 0 Å². The van der Waals surface area contributed by atoms with Gasteiger partial charge in [0.15, 0.2) is 0 Å². The van der Waals surface area contributed by atoms with E-state index in [-0.39, 0.29) is 0 Å². The van der Waals surface area contributed by atoms with Gasteiger partial charge in [-0.2, -0.15) is 0 Å². The molecule has 1 aliphatic heterocycles. The molecule has 0 fully saturated rings. The highest BCUT2D eigenvalue weighted by Gasteiger charge is 2.21. The van der Waals surface area contributed by atoms with Crippen molar-refractivity contribution in [3.8, 4) is 23.0 Å². The van der Waals surface area contributed by atoms with Crippen LogP contribution in [0.2, 0.25) is 0 Å². The van der Waals surface area contributed by atoms with Crippen molar-refractivity contribution in [1.29, 1.82) is 0 Å². The molecule has 0 N–H and O–H groups in total. The summed E-state index contributed by atoms with van der Waals surface area (Å²) in [6, 6.07) is 11.2. The van der Waals surface area contributed by atoms with E-state index in [1.807, 2.05) is 43.3 Å². The highest BCUT2D eigenvalue weighted by Crippen LogP contribution is 2.35. The summed E-state index contributed by atoms with van der Waals surface area (Å²) < 4.78 is 33.0. The van der Waals surface area contributed by atoms with Crippen LogP contribution in [-0.2, 0) is 16.1 Å². The molecule has 0 amide bonds. The minimum absolute atomic E-state index is 0.371. The zero-order valence-corrected chi connectivity index (χ0v) is 15.1. The fourth-order valence-corrected chi connectivity index (χ4v) is 2.58. The van der Waals surface area contributed by atoms with Crippen molar-refractivity contribution in [3.63, 3.8) is 0 Å². The van der Waals surface area contributed by atoms with Crippen LogP contribution in [0.4, 0.5) is 0 Å². The van der Waals surface area contributed by atoms with Crippen LogP contribution in [0.25, 0.3) is 0 Å². The smallest absolute Gasteiger partial charge is 0.269 e. The van der Waals surface area contributed by atoms with E-state index in [4.69, 9.17) is 28.4 Å². The normalized spacial score (nSPS) is 13.0. The third-order valence-corrected chi connectivity index (χ3v) is 3.82. The van der Waals surface area contributed by atoms with Crippen molar-refractivity contribution in [2.24, 2.45) is 0 Å². The Kier molecular flexibility index (Phi) is 5.73. The van der Waals surface area contributed by atoms with E-state index in [1.54, 1.807) is 14.2 Å². The number of ether oxygens (including phenoxy) is 6. The molecule has 0 spiro atoms. The van der Waals surface area contributed by atoms with Crippen molar-refractivity contribution in [2.75, 3.05) is 20.8 Å². The quantitative estimate of drug-likeness (QED) is 0.705. The number of benzene rings is 2. The van der Waals surface area contributed by atoms with Crippen LogP contribution >= 0.6 is 0 Å². The third kappa shape index (κ3) is 4.14. The lowest BCUT2D eigenvalue weighted by molar-refractivity contribution is -0.0264. The van der Waals surface area contributed by atoms with Crippen LogP contribution in [0.15, 0.2) is 48.9 Å². The van der Waals surface area contributed by atoms with Crippen LogP contribution in [0.5, 0.6) is 23.0 Å². The minimum Gasteiger partial charge on any atom is -0.497 e. The summed E-state index contributed by atoms with van der Waals surface area (Å²) in [6.45, 7) is 2.83. The first-order valence-electron chi connectivity index (χ1n) is 8.31. The van der Waals surface area contributed by atoms with Crippen LogP contribution < -0.4 is 18.9 Å². The molecule has 3 rings (SSSR count). The summed E-state index contributed by atoms with van der Waals surface area (Å²) in [7, 11) is 3.24. The first-order valence-corrected chi connectivity index (χ1v) is 8.31. The second-order valence-electron chi connectivity index (χ2n) is 5.52. The molecule has 0 unspecified atom stereocenters. The van der Waals surface area contributed by atoms with Crippen LogP contribution in [0, 0.1) is 0 Å². The summed E-state index contributed by atoms with van der Waals surface area (Å²) in [5, 5.41) is 0. The Balaban J connectivity index is 1.74. The molecule has 0 radical (unpaired) electrons. The summed E-state index contributed by atoms with van der Waals surface area (Å²) in [5.41, 5.74) is 1.75. The summed E-state index contributed by atoms with van der Waals surface area (Å²) >= 11 is 0. The van der Waals surface area contributed by atoms with Crippen LogP contribution in [0.1, 0.15) is 24.3 Å². The summed E-state index contributed by atoms with van der Waals surface area (Å²) in [6.07, 6.45) is 2.54. The van der Waals surface area contributed by atoms with Crippen molar-refractivity contribution in [1.82, 2.24) is 0 Å². The van der Waals surface area contributed by atoms with Crippen molar-refractivity contribution >= 4 is 0 Å². The average molecular weight is 358 g/mol. The predicted octanol–water partition coefficient (Wildman–Crippen LogP) is 4.20. The molecule has 0 saturated carbocycles. The molecule has 2 aromatic carbocycles. The van der Waals surface area contributed by atoms with E-state index in [2.05, 4.69) is 0 Å². The van der Waals surface area contributed by atoms with Gasteiger partial charge in [0, 0.05) is 12.1 Å². The van der Waals surface area contributed by atoms with Gasteiger partial charge in [-0.3, -0.25) is 0 Å². The van der Waals surface area contributed by atoms with Crippen molar-refractivity contribution in [3.05, 3.63) is 60.0 Å². The molecule has 1 heterocycles.